The number of halogens is 2. The number of Topliss-reactive ketones (excluding diaryl/α,β-unsaturated/α-hetero) is 1. The average Bonchev–Trinajstić information content (AvgIpc) is 3.67. The van der Waals surface area contributed by atoms with Crippen LogP contribution in [0.15, 0.2) is 28.5 Å². The lowest BCUT2D eigenvalue weighted by Crippen LogP contribution is -2.33. The highest BCUT2D eigenvalue weighted by atomic mass is 19.1. The van der Waals surface area contributed by atoms with Crippen LogP contribution in [0.1, 0.15) is 61.8 Å². The van der Waals surface area contributed by atoms with Crippen LogP contribution in [0.3, 0.4) is 0 Å². The van der Waals surface area contributed by atoms with E-state index < -0.39 is 34.6 Å². The highest BCUT2D eigenvalue weighted by Gasteiger charge is 2.32. The van der Waals surface area contributed by atoms with E-state index >= 15 is 4.39 Å². The monoisotopic (exact) mass is 489 g/mol. The lowest BCUT2D eigenvalue weighted by atomic mass is 9.99. The van der Waals surface area contributed by atoms with Crippen molar-refractivity contribution in [3.63, 3.8) is 0 Å². The van der Waals surface area contributed by atoms with Crippen LogP contribution in [0.5, 0.6) is 5.75 Å². The molecule has 2 aliphatic rings. The first-order valence-electron chi connectivity index (χ1n) is 11.7. The zero-order valence-corrected chi connectivity index (χ0v) is 19.8. The molecular weight excluding hydrogens is 460 g/mol. The zero-order chi connectivity index (χ0) is 25.4. The third-order valence-corrected chi connectivity index (χ3v) is 6.66. The molecule has 1 saturated heterocycles. The van der Waals surface area contributed by atoms with Crippen LogP contribution in [0.2, 0.25) is 0 Å². The number of piperidine rings is 1. The minimum atomic E-state index is -1.38. The largest absolute Gasteiger partial charge is 0.492 e. The summed E-state index contributed by atoms with van der Waals surface area (Å²) in [6, 6.07) is 0.383. The molecule has 0 radical (unpaired) electrons. The molecule has 2 fully saturated rings. The molecule has 2 aromatic rings. The Bertz CT molecular complexity index is 1280. The third-order valence-electron chi connectivity index (χ3n) is 6.66. The minimum Gasteiger partial charge on any atom is -0.492 e. The molecule has 1 atom stereocenters. The van der Waals surface area contributed by atoms with Crippen molar-refractivity contribution in [1.82, 2.24) is 4.57 Å². The number of aromatic nitrogens is 1. The number of anilines is 1. The van der Waals surface area contributed by atoms with Crippen molar-refractivity contribution in [2.75, 3.05) is 25.1 Å². The van der Waals surface area contributed by atoms with E-state index in [1.54, 1.807) is 16.4 Å². The van der Waals surface area contributed by atoms with Crippen LogP contribution < -0.4 is 20.8 Å². The average molecular weight is 490 g/mol. The van der Waals surface area contributed by atoms with Gasteiger partial charge in [-0.25, -0.2) is 13.6 Å². The number of carbonyl (C=O) groups is 2. The van der Waals surface area contributed by atoms with Crippen LogP contribution >= 0.6 is 0 Å². The SMILES string of the molecule is COc1c(N2CCC/C(=C(\F)CCC(=O)[C@H](C)N)C2)c(F)cc2c(=O)c(C(=O)O)cn(C3CC3)c12. The number of methoxy groups -OCH3 is 1. The van der Waals surface area contributed by atoms with E-state index in [-0.39, 0.29) is 48.0 Å². The van der Waals surface area contributed by atoms with Gasteiger partial charge >= 0.3 is 5.97 Å². The maximum atomic E-state index is 15.5. The Morgan fingerprint density at radius 1 is 1.31 bits per heavy atom. The predicted octanol–water partition coefficient (Wildman–Crippen LogP) is 3.70. The second-order valence-corrected chi connectivity index (χ2v) is 9.24. The first-order chi connectivity index (χ1) is 16.6. The van der Waals surface area contributed by atoms with Crippen molar-refractivity contribution >= 4 is 28.3 Å². The molecule has 1 aromatic carbocycles. The van der Waals surface area contributed by atoms with Gasteiger partial charge in [-0.15, -0.1) is 0 Å². The Balaban J connectivity index is 1.79. The number of hydrogen-bond donors (Lipinski definition) is 2. The Morgan fingerprint density at radius 2 is 2.03 bits per heavy atom. The molecule has 1 aliphatic carbocycles. The van der Waals surface area contributed by atoms with E-state index in [1.807, 2.05) is 0 Å². The van der Waals surface area contributed by atoms with Gasteiger partial charge in [0, 0.05) is 38.2 Å². The van der Waals surface area contributed by atoms with E-state index in [9.17, 15) is 23.9 Å². The molecule has 3 N–H and O–H groups in total. The number of nitrogens with two attached hydrogens (primary N) is 1. The van der Waals surface area contributed by atoms with Crippen molar-refractivity contribution in [2.24, 2.45) is 5.73 Å². The van der Waals surface area contributed by atoms with Crippen molar-refractivity contribution in [1.29, 1.82) is 0 Å². The predicted molar refractivity (Wildman–Crippen MR) is 127 cm³/mol. The third kappa shape index (κ3) is 4.80. The standard InChI is InChI=1S/C25H29F2N3O5/c1-13(28)20(31)8-7-18(26)14-4-3-9-29(11-14)22-19(27)10-16-21(24(22)35-2)30(15-5-6-15)12-17(23(16)32)25(33)34/h10,12-13,15H,3-9,11,28H2,1-2H3,(H,33,34)/b18-14+/t13-/m0/s1. The first-order valence-corrected chi connectivity index (χ1v) is 11.7. The van der Waals surface area contributed by atoms with Crippen LogP contribution in [0.25, 0.3) is 10.9 Å². The summed E-state index contributed by atoms with van der Waals surface area (Å²) in [5.74, 6) is -2.63. The molecule has 35 heavy (non-hydrogen) atoms. The number of nitrogens with zero attached hydrogens (tertiary/aromatic N) is 2. The fraction of sp³-hybridized carbons (Fsp3) is 0.480. The summed E-state index contributed by atoms with van der Waals surface area (Å²) in [5, 5.41) is 9.41. The molecule has 2 heterocycles. The second-order valence-electron chi connectivity index (χ2n) is 9.24. The number of ketones is 1. The summed E-state index contributed by atoms with van der Waals surface area (Å²) in [4.78, 5) is 38.0. The van der Waals surface area contributed by atoms with Crippen LogP contribution in [-0.4, -0.2) is 47.7 Å². The number of fused-ring (bicyclic) bond motifs is 1. The Kier molecular flexibility index (Phi) is 6.93. The first kappa shape index (κ1) is 24.8. The summed E-state index contributed by atoms with van der Waals surface area (Å²) in [6.07, 6.45) is 3.90. The molecule has 8 nitrogen and oxygen atoms in total. The highest BCUT2D eigenvalue weighted by molar-refractivity contribution is 5.97. The smallest absolute Gasteiger partial charge is 0.341 e. The van der Waals surface area contributed by atoms with Gasteiger partial charge in [0.05, 0.1) is 24.1 Å². The van der Waals surface area contributed by atoms with Crippen LogP contribution in [-0.2, 0) is 4.79 Å². The zero-order valence-electron chi connectivity index (χ0n) is 19.8. The maximum absolute atomic E-state index is 15.5. The number of pyridine rings is 1. The van der Waals surface area contributed by atoms with Crippen molar-refractivity contribution in [2.45, 2.75) is 57.5 Å². The fourth-order valence-corrected chi connectivity index (χ4v) is 4.65. The number of carbonyl (C=O) groups excluding carboxylic acids is 1. The number of allylic oxidation sites excluding steroid dienone is 1. The molecule has 10 heteroatoms. The summed E-state index contributed by atoms with van der Waals surface area (Å²) in [7, 11) is 1.37. The van der Waals surface area contributed by atoms with E-state index in [1.165, 1.54) is 13.3 Å². The molecule has 0 amide bonds. The summed E-state index contributed by atoms with van der Waals surface area (Å²) >= 11 is 0. The Morgan fingerprint density at radius 3 is 2.63 bits per heavy atom. The molecule has 0 spiro atoms. The summed E-state index contributed by atoms with van der Waals surface area (Å²) in [6.45, 7) is 2.11. The lowest BCUT2D eigenvalue weighted by molar-refractivity contribution is -0.119. The van der Waals surface area contributed by atoms with E-state index in [4.69, 9.17) is 10.5 Å². The number of benzene rings is 1. The highest BCUT2D eigenvalue weighted by Crippen LogP contribution is 2.44. The molecule has 1 aromatic heterocycles. The summed E-state index contributed by atoms with van der Waals surface area (Å²) in [5.41, 5.74) is 5.27. The van der Waals surface area contributed by atoms with Gasteiger partial charge in [0.2, 0.25) is 5.43 Å². The minimum absolute atomic E-state index is 0.000231. The van der Waals surface area contributed by atoms with E-state index in [0.717, 1.165) is 18.9 Å². The van der Waals surface area contributed by atoms with Crippen molar-refractivity contribution in [3.05, 3.63) is 45.3 Å². The molecule has 1 aliphatic heterocycles. The van der Waals surface area contributed by atoms with Crippen molar-refractivity contribution < 1.29 is 28.2 Å². The van der Waals surface area contributed by atoms with Gasteiger partial charge in [-0.2, -0.15) is 0 Å². The van der Waals surface area contributed by atoms with Gasteiger partial charge in [0.25, 0.3) is 0 Å². The molecule has 4 rings (SSSR count). The maximum Gasteiger partial charge on any atom is 0.341 e. The topological polar surface area (TPSA) is 115 Å². The van der Waals surface area contributed by atoms with Gasteiger partial charge < -0.3 is 25.0 Å². The molecule has 1 saturated carbocycles. The van der Waals surface area contributed by atoms with Gasteiger partial charge in [-0.1, -0.05) is 0 Å². The number of aromatic carboxylic acids is 1. The number of rotatable bonds is 8. The number of carboxylic acids is 1. The molecule has 0 bridgehead atoms. The van der Waals surface area contributed by atoms with Gasteiger partial charge in [-0.05, 0) is 44.2 Å². The summed E-state index contributed by atoms with van der Waals surface area (Å²) < 4.78 is 37.7. The van der Waals surface area contributed by atoms with Gasteiger partial charge in [0.15, 0.2) is 11.6 Å². The van der Waals surface area contributed by atoms with Gasteiger partial charge in [0.1, 0.15) is 22.9 Å². The Hall–Kier alpha value is -3.27. The lowest BCUT2D eigenvalue weighted by Gasteiger charge is -2.33. The normalized spacial score (nSPS) is 18.5. The van der Waals surface area contributed by atoms with Crippen LogP contribution in [0.4, 0.5) is 14.5 Å². The van der Waals surface area contributed by atoms with Crippen LogP contribution in [0, 0.1) is 5.82 Å². The number of ether oxygens (including phenoxy) is 1. The molecular formula is C25H29F2N3O5. The van der Waals surface area contributed by atoms with Gasteiger partial charge in [-0.3, -0.25) is 9.59 Å². The number of carboxylic acid groups (broad SMARTS) is 1. The van der Waals surface area contributed by atoms with E-state index in [2.05, 4.69) is 0 Å². The molecule has 188 valence electrons. The van der Waals surface area contributed by atoms with E-state index in [0.29, 0.717) is 30.5 Å². The van der Waals surface area contributed by atoms with Crippen molar-refractivity contribution in [3.8, 4) is 5.75 Å². The number of hydrogen-bond acceptors (Lipinski definition) is 6. The second kappa shape index (κ2) is 9.77. The Labute approximate surface area is 201 Å². The quantitative estimate of drug-likeness (QED) is 0.581. The fourth-order valence-electron chi connectivity index (χ4n) is 4.65. The molecule has 0 unspecified atom stereocenters.